The van der Waals surface area contributed by atoms with Crippen molar-refractivity contribution in [2.75, 3.05) is 5.32 Å². The number of hydrogen-bond acceptors (Lipinski definition) is 4. The Bertz CT molecular complexity index is 562. The number of benzene rings is 1. The van der Waals surface area contributed by atoms with Crippen LogP contribution in [0.5, 0.6) is 5.75 Å². The number of nitrogens with zero attached hydrogens (tertiary/aromatic N) is 1. The van der Waals surface area contributed by atoms with Crippen molar-refractivity contribution < 1.29 is 5.11 Å². The molecule has 3 rings (SSSR count). The first-order chi connectivity index (χ1) is 10.3. The largest absolute Gasteiger partial charge is 0.506 e. The summed E-state index contributed by atoms with van der Waals surface area (Å²) >= 11 is 2.01. The topological polar surface area (TPSA) is 45.1 Å². The molecule has 1 aliphatic carbocycles. The Hall–Kier alpha value is -1.68. The van der Waals surface area contributed by atoms with Gasteiger partial charge in [-0.15, -0.1) is 11.8 Å². The predicted octanol–water partition coefficient (Wildman–Crippen LogP) is 4.43. The minimum absolute atomic E-state index is 0.201. The fourth-order valence-corrected chi connectivity index (χ4v) is 3.81. The lowest BCUT2D eigenvalue weighted by Gasteiger charge is -2.10. The Morgan fingerprint density at radius 2 is 1.86 bits per heavy atom. The zero-order chi connectivity index (χ0) is 14.5. The second-order valence-corrected chi connectivity index (χ2v) is 6.78. The Morgan fingerprint density at radius 1 is 1.10 bits per heavy atom. The molecule has 0 aliphatic heterocycles. The third kappa shape index (κ3) is 4.14. The summed E-state index contributed by atoms with van der Waals surface area (Å²) in [6.07, 6.45) is 6.96. The number of aromatic hydroxyl groups is 1. The molecule has 3 nitrogen and oxygen atoms in total. The van der Waals surface area contributed by atoms with Gasteiger partial charge in [0.1, 0.15) is 5.75 Å². The van der Waals surface area contributed by atoms with Crippen LogP contribution in [0.2, 0.25) is 0 Å². The molecular formula is C17H20N2OS. The number of aromatic nitrogens is 1. The molecule has 1 heterocycles. The fourth-order valence-electron chi connectivity index (χ4n) is 2.56. The van der Waals surface area contributed by atoms with Crippen molar-refractivity contribution in [2.24, 2.45) is 0 Å². The van der Waals surface area contributed by atoms with Gasteiger partial charge in [0.15, 0.2) is 0 Å². The molecule has 1 aromatic carbocycles. The van der Waals surface area contributed by atoms with Gasteiger partial charge in [0, 0.05) is 15.8 Å². The highest BCUT2D eigenvalue weighted by Gasteiger charge is 2.15. The van der Waals surface area contributed by atoms with Gasteiger partial charge < -0.3 is 10.4 Å². The third-order valence-electron chi connectivity index (χ3n) is 3.74. The lowest BCUT2D eigenvalue weighted by atomic mass is 10.3. The van der Waals surface area contributed by atoms with Crippen LogP contribution in [0.15, 0.2) is 47.5 Å². The molecule has 110 valence electrons. The average Bonchev–Trinajstić information content (AvgIpc) is 3.01. The molecule has 0 spiro atoms. The molecule has 1 fully saturated rings. The summed E-state index contributed by atoms with van der Waals surface area (Å²) in [6, 6.07) is 12.1. The van der Waals surface area contributed by atoms with Crippen LogP contribution in [-0.4, -0.2) is 15.3 Å². The number of hydrogen-bond donors (Lipinski definition) is 2. The predicted molar refractivity (Wildman–Crippen MR) is 87.8 cm³/mol. The fraction of sp³-hybridized carbons (Fsp3) is 0.353. The van der Waals surface area contributed by atoms with Crippen molar-refractivity contribution in [1.29, 1.82) is 0 Å². The van der Waals surface area contributed by atoms with E-state index >= 15 is 0 Å². The van der Waals surface area contributed by atoms with Crippen LogP contribution in [0, 0.1) is 0 Å². The summed E-state index contributed by atoms with van der Waals surface area (Å²) in [5, 5.41) is 13.4. The summed E-state index contributed by atoms with van der Waals surface area (Å²) in [6.45, 7) is 0.662. The number of thioether (sulfide) groups is 1. The summed E-state index contributed by atoms with van der Waals surface area (Å²) in [5.41, 5.74) is 2.01. The van der Waals surface area contributed by atoms with E-state index in [-0.39, 0.29) is 5.75 Å². The standard InChI is InChI=1S/C17H20N2OS/c20-15-8-5-14(19-12-15)11-18-13-6-9-17(10-7-13)21-16-3-1-2-4-16/h5-10,12,16,18,20H,1-4,11H2. The molecule has 4 heteroatoms. The van der Waals surface area contributed by atoms with Crippen molar-refractivity contribution in [3.8, 4) is 5.75 Å². The van der Waals surface area contributed by atoms with Gasteiger partial charge in [-0.1, -0.05) is 12.8 Å². The summed E-state index contributed by atoms with van der Waals surface area (Å²) < 4.78 is 0. The Morgan fingerprint density at radius 3 is 2.52 bits per heavy atom. The van der Waals surface area contributed by atoms with E-state index in [0.29, 0.717) is 6.54 Å². The minimum Gasteiger partial charge on any atom is -0.506 e. The molecule has 21 heavy (non-hydrogen) atoms. The van der Waals surface area contributed by atoms with Crippen molar-refractivity contribution in [3.05, 3.63) is 48.3 Å². The molecular weight excluding hydrogens is 280 g/mol. The van der Waals surface area contributed by atoms with Crippen LogP contribution in [0.25, 0.3) is 0 Å². The normalized spacial score (nSPS) is 15.2. The van der Waals surface area contributed by atoms with Crippen molar-refractivity contribution in [1.82, 2.24) is 4.98 Å². The van der Waals surface area contributed by atoms with Gasteiger partial charge in [-0.3, -0.25) is 4.98 Å². The van der Waals surface area contributed by atoms with E-state index in [1.54, 1.807) is 6.07 Å². The maximum Gasteiger partial charge on any atom is 0.133 e. The molecule has 2 N–H and O–H groups in total. The maximum atomic E-state index is 9.20. The quantitative estimate of drug-likeness (QED) is 0.857. The summed E-state index contributed by atoms with van der Waals surface area (Å²) in [4.78, 5) is 5.52. The molecule has 1 aromatic heterocycles. The smallest absolute Gasteiger partial charge is 0.133 e. The van der Waals surface area contributed by atoms with Crippen LogP contribution < -0.4 is 5.32 Å². The SMILES string of the molecule is Oc1ccc(CNc2ccc(SC3CCCC3)cc2)nc1. The molecule has 0 atom stereocenters. The first kappa shape index (κ1) is 14.3. The van der Waals surface area contributed by atoms with Crippen molar-refractivity contribution >= 4 is 17.4 Å². The lowest BCUT2D eigenvalue weighted by Crippen LogP contribution is -2.01. The second-order valence-electron chi connectivity index (χ2n) is 5.41. The Balaban J connectivity index is 1.52. The molecule has 0 saturated heterocycles. The first-order valence-electron chi connectivity index (χ1n) is 7.44. The van der Waals surface area contributed by atoms with Crippen LogP contribution in [0.4, 0.5) is 5.69 Å². The number of anilines is 1. The molecule has 0 amide bonds. The molecule has 0 unspecified atom stereocenters. The monoisotopic (exact) mass is 300 g/mol. The van der Waals surface area contributed by atoms with Gasteiger partial charge >= 0.3 is 0 Å². The van der Waals surface area contributed by atoms with E-state index in [4.69, 9.17) is 0 Å². The molecule has 2 aromatic rings. The van der Waals surface area contributed by atoms with Crippen molar-refractivity contribution in [3.63, 3.8) is 0 Å². The molecule has 1 saturated carbocycles. The van der Waals surface area contributed by atoms with E-state index in [9.17, 15) is 5.11 Å². The average molecular weight is 300 g/mol. The highest BCUT2D eigenvalue weighted by molar-refractivity contribution is 8.00. The zero-order valence-electron chi connectivity index (χ0n) is 12.0. The van der Waals surface area contributed by atoms with E-state index in [1.165, 1.54) is 36.8 Å². The first-order valence-corrected chi connectivity index (χ1v) is 8.32. The Kier molecular flexibility index (Phi) is 4.65. The molecule has 0 radical (unpaired) electrons. The van der Waals surface area contributed by atoms with Gasteiger partial charge in [-0.25, -0.2) is 0 Å². The van der Waals surface area contributed by atoms with E-state index < -0.39 is 0 Å². The third-order valence-corrected chi connectivity index (χ3v) is 5.09. The number of rotatable bonds is 5. The summed E-state index contributed by atoms with van der Waals surface area (Å²) in [5.74, 6) is 0.201. The van der Waals surface area contributed by atoms with E-state index in [0.717, 1.165) is 16.6 Å². The maximum absolute atomic E-state index is 9.20. The lowest BCUT2D eigenvalue weighted by molar-refractivity contribution is 0.472. The van der Waals surface area contributed by atoms with Gasteiger partial charge in [-0.2, -0.15) is 0 Å². The van der Waals surface area contributed by atoms with Crippen molar-refractivity contribution in [2.45, 2.75) is 42.4 Å². The van der Waals surface area contributed by atoms with E-state index in [1.807, 2.05) is 17.8 Å². The summed E-state index contributed by atoms with van der Waals surface area (Å²) in [7, 11) is 0. The van der Waals surface area contributed by atoms with Crippen LogP contribution in [0.1, 0.15) is 31.4 Å². The number of nitrogens with one attached hydrogen (secondary N) is 1. The van der Waals surface area contributed by atoms with Crippen LogP contribution >= 0.6 is 11.8 Å². The highest BCUT2D eigenvalue weighted by Crippen LogP contribution is 2.34. The van der Waals surface area contributed by atoms with E-state index in [2.05, 4.69) is 34.6 Å². The highest BCUT2D eigenvalue weighted by atomic mass is 32.2. The van der Waals surface area contributed by atoms with Gasteiger partial charge in [0.05, 0.1) is 18.4 Å². The van der Waals surface area contributed by atoms with Crippen LogP contribution in [-0.2, 0) is 6.54 Å². The second kappa shape index (κ2) is 6.85. The zero-order valence-corrected chi connectivity index (χ0v) is 12.8. The van der Waals surface area contributed by atoms with Crippen LogP contribution in [0.3, 0.4) is 0 Å². The van der Waals surface area contributed by atoms with Gasteiger partial charge in [-0.05, 0) is 49.2 Å². The minimum atomic E-state index is 0.201. The molecule has 1 aliphatic rings. The Labute approximate surface area is 129 Å². The van der Waals surface area contributed by atoms with Gasteiger partial charge in [0.2, 0.25) is 0 Å². The van der Waals surface area contributed by atoms with Gasteiger partial charge in [0.25, 0.3) is 0 Å². The number of pyridine rings is 1. The molecule has 0 bridgehead atoms.